The quantitative estimate of drug-likeness (QED) is 0.217. The molecule has 0 spiro atoms. The van der Waals surface area contributed by atoms with Gasteiger partial charge in [0.05, 0.1) is 0 Å². The summed E-state index contributed by atoms with van der Waals surface area (Å²) in [6.45, 7) is 3.81. The van der Waals surface area contributed by atoms with Crippen molar-refractivity contribution in [1.82, 2.24) is 5.32 Å². The predicted molar refractivity (Wildman–Crippen MR) is 104 cm³/mol. The van der Waals surface area contributed by atoms with E-state index >= 15 is 0 Å². The Balaban J connectivity index is 2.43. The van der Waals surface area contributed by atoms with Crippen LogP contribution < -0.4 is 10.5 Å². The van der Waals surface area contributed by atoms with Crippen LogP contribution in [0.2, 0.25) is 0 Å². The van der Waals surface area contributed by atoms with E-state index in [0.29, 0.717) is 0 Å². The molecule has 1 unspecified atom stereocenters. The summed E-state index contributed by atoms with van der Waals surface area (Å²) in [6.07, 6.45) is -5.72. The molecule has 15 nitrogen and oxygen atoms in total. The number of quaternary nitrogens is 1. The zero-order valence-corrected chi connectivity index (χ0v) is 18.6. The summed E-state index contributed by atoms with van der Waals surface area (Å²) in [5, 5.41) is 21.0. The number of amides is 1. The molecule has 1 fully saturated rings. The summed E-state index contributed by atoms with van der Waals surface area (Å²) in [4.78, 5) is 59.3. The number of hydrogen-bond donors (Lipinski definition) is 3. The van der Waals surface area contributed by atoms with Crippen molar-refractivity contribution in [3.8, 4) is 0 Å². The predicted octanol–water partition coefficient (Wildman–Crippen LogP) is -1.50. The van der Waals surface area contributed by atoms with Crippen LogP contribution in [0.15, 0.2) is 16.5 Å². The van der Waals surface area contributed by atoms with Gasteiger partial charge in [-0.25, -0.2) is 5.21 Å². The number of ether oxygens (including phenoxy) is 5. The fourth-order valence-corrected chi connectivity index (χ4v) is 3.12. The average Bonchev–Trinajstić information content (AvgIpc) is 3.20. The molecule has 0 aromatic carbocycles. The van der Waals surface area contributed by atoms with Gasteiger partial charge in [0.1, 0.15) is 18.8 Å². The Kier molecular flexibility index (Phi) is 9.08. The lowest BCUT2D eigenvalue weighted by Crippen LogP contribution is -2.99. The molecule has 0 bridgehead atoms. The van der Waals surface area contributed by atoms with Crippen LogP contribution in [-0.4, -0.2) is 72.2 Å². The summed E-state index contributed by atoms with van der Waals surface area (Å²) in [6, 6.07) is 0.673. The van der Waals surface area contributed by atoms with Crippen molar-refractivity contribution in [2.45, 2.75) is 58.3 Å². The molecule has 0 saturated carbocycles. The lowest BCUT2D eigenvalue weighted by Gasteiger charge is -2.44. The normalized spacial score (nSPS) is 24.9. The summed E-state index contributed by atoms with van der Waals surface area (Å²) in [5.41, 5.74) is 0. The molecule has 1 amide bonds. The Morgan fingerprint density at radius 1 is 0.971 bits per heavy atom. The van der Waals surface area contributed by atoms with Crippen molar-refractivity contribution in [1.29, 1.82) is 0 Å². The van der Waals surface area contributed by atoms with Gasteiger partial charge in [-0.1, -0.05) is 0 Å². The molecule has 1 aliphatic heterocycles. The van der Waals surface area contributed by atoms with E-state index < -0.39 is 83.9 Å². The number of nitrogens with one attached hydrogen (secondary N) is 2. The van der Waals surface area contributed by atoms with E-state index in [2.05, 4.69) is 5.32 Å². The van der Waals surface area contributed by atoms with Crippen molar-refractivity contribution >= 4 is 35.7 Å². The first kappa shape index (κ1) is 26.7. The van der Waals surface area contributed by atoms with Gasteiger partial charge in [0, 0.05) is 33.8 Å². The molecule has 1 aliphatic rings. The van der Waals surface area contributed by atoms with Crippen LogP contribution in [-0.2, 0) is 42.9 Å². The van der Waals surface area contributed by atoms with Crippen LogP contribution in [0.25, 0.3) is 0 Å². The maximum atomic E-state index is 12.7. The molecule has 188 valence electrons. The number of rotatable bonds is 8. The van der Waals surface area contributed by atoms with Crippen molar-refractivity contribution in [2.24, 2.45) is 0 Å². The molecule has 6 atom stereocenters. The second-order valence-electron chi connectivity index (χ2n) is 7.07. The lowest BCUT2D eigenvalue weighted by atomic mass is 9.96. The summed E-state index contributed by atoms with van der Waals surface area (Å²) >= 11 is 0. The molecular weight excluding hydrogens is 464 g/mol. The van der Waals surface area contributed by atoms with E-state index in [1.807, 2.05) is 0 Å². The Morgan fingerprint density at radius 3 is 2.06 bits per heavy atom. The van der Waals surface area contributed by atoms with Gasteiger partial charge in [0.2, 0.25) is 6.29 Å². The molecule has 0 radical (unpaired) electrons. The highest BCUT2D eigenvalue weighted by Gasteiger charge is 2.52. The number of hydrogen-bond acceptors (Lipinski definition) is 13. The molecule has 0 aliphatic carbocycles. The standard InChI is InChI=1S/C19H24N2O13/c1-8(22)29-7-13-16(30-9(2)23)17(31-10(3)24)15(19(34-13)32-11(4)25)20-18(26)12-5-6-14(33-12)21(27)28/h5-6,13,15-17,19,21,27H,7H2,1-4H3,(H,20,26)/t13-,15+,16+,17-,19-/m1/s1. The van der Waals surface area contributed by atoms with Gasteiger partial charge in [0.15, 0.2) is 18.0 Å². The minimum Gasteiger partial charge on any atom is -0.592 e. The van der Waals surface area contributed by atoms with Crippen LogP contribution in [0, 0.1) is 5.21 Å². The second-order valence-corrected chi connectivity index (χ2v) is 7.07. The zero-order valence-electron chi connectivity index (χ0n) is 18.6. The van der Waals surface area contributed by atoms with E-state index in [4.69, 9.17) is 33.3 Å². The van der Waals surface area contributed by atoms with Gasteiger partial charge in [-0.05, 0) is 6.07 Å². The van der Waals surface area contributed by atoms with Gasteiger partial charge in [-0.15, -0.1) is 0 Å². The van der Waals surface area contributed by atoms with E-state index in [0.717, 1.165) is 39.8 Å². The molecule has 1 aromatic heterocycles. The third kappa shape index (κ3) is 7.24. The number of carbonyl (C=O) groups excluding carboxylic acids is 5. The summed E-state index contributed by atoms with van der Waals surface area (Å²) in [5.74, 6) is -5.11. The third-order valence-electron chi connectivity index (χ3n) is 4.32. The maximum absolute atomic E-state index is 12.7. The van der Waals surface area contributed by atoms with Crippen LogP contribution in [0.4, 0.5) is 5.88 Å². The van der Waals surface area contributed by atoms with Crippen LogP contribution in [0.1, 0.15) is 38.2 Å². The van der Waals surface area contributed by atoms with Gasteiger partial charge >= 0.3 is 29.8 Å². The molecule has 3 N–H and O–H groups in total. The molecule has 1 saturated heterocycles. The maximum Gasteiger partial charge on any atom is 0.329 e. The fourth-order valence-electron chi connectivity index (χ4n) is 3.12. The average molecular weight is 488 g/mol. The smallest absolute Gasteiger partial charge is 0.329 e. The highest BCUT2D eigenvalue weighted by Crippen LogP contribution is 2.28. The Morgan fingerprint density at radius 2 is 1.56 bits per heavy atom. The first-order valence-corrected chi connectivity index (χ1v) is 9.83. The molecule has 15 heteroatoms. The highest BCUT2D eigenvalue weighted by atomic mass is 16.8. The molecule has 1 aromatic rings. The molecular formula is C19H24N2O13. The fraction of sp³-hybridized carbons (Fsp3) is 0.526. The Bertz CT molecular complexity index is 927. The third-order valence-corrected chi connectivity index (χ3v) is 4.32. The van der Waals surface area contributed by atoms with E-state index in [9.17, 15) is 29.2 Å². The number of furan rings is 1. The van der Waals surface area contributed by atoms with Gasteiger partial charge < -0.3 is 38.6 Å². The van der Waals surface area contributed by atoms with Crippen molar-refractivity contribution in [2.75, 3.05) is 6.61 Å². The van der Waals surface area contributed by atoms with Gasteiger partial charge in [-0.2, -0.15) is 5.23 Å². The van der Waals surface area contributed by atoms with Gasteiger partial charge in [-0.3, -0.25) is 24.0 Å². The van der Waals surface area contributed by atoms with E-state index in [1.165, 1.54) is 0 Å². The van der Waals surface area contributed by atoms with E-state index in [-0.39, 0.29) is 0 Å². The van der Waals surface area contributed by atoms with Crippen molar-refractivity contribution in [3.05, 3.63) is 23.1 Å². The second kappa shape index (κ2) is 11.6. The molecule has 2 rings (SSSR count). The SMILES string of the molecule is CC(=O)OC[C@H]1O[C@@H](OC(C)=O)[C@@H](NC(=O)c2ccc([NH+]([O-])O)o2)[C@@H](OC(C)=O)[C@H]1OC(C)=O. The van der Waals surface area contributed by atoms with Crippen LogP contribution in [0.5, 0.6) is 0 Å². The molecule has 2 heterocycles. The summed E-state index contributed by atoms with van der Waals surface area (Å²) < 4.78 is 31.1. The van der Waals surface area contributed by atoms with Crippen LogP contribution in [0.3, 0.4) is 0 Å². The number of carbonyl (C=O) groups is 5. The Labute approximate surface area is 192 Å². The minimum absolute atomic E-state index is 0.424. The first-order valence-electron chi connectivity index (χ1n) is 9.83. The zero-order chi connectivity index (χ0) is 25.6. The topological polar surface area (TPSA) is 204 Å². The lowest BCUT2D eigenvalue weighted by molar-refractivity contribution is -0.997. The van der Waals surface area contributed by atoms with Crippen molar-refractivity contribution in [3.63, 3.8) is 0 Å². The first-order chi connectivity index (χ1) is 15.9. The molecule has 34 heavy (non-hydrogen) atoms. The van der Waals surface area contributed by atoms with Crippen molar-refractivity contribution < 1.29 is 62.5 Å². The van der Waals surface area contributed by atoms with E-state index in [1.54, 1.807) is 0 Å². The number of esters is 4. The monoisotopic (exact) mass is 488 g/mol. The minimum atomic E-state index is -1.59. The largest absolute Gasteiger partial charge is 0.592 e. The van der Waals surface area contributed by atoms with Gasteiger partial charge in [0.25, 0.3) is 5.91 Å². The summed E-state index contributed by atoms with van der Waals surface area (Å²) in [7, 11) is 0. The highest BCUT2D eigenvalue weighted by molar-refractivity contribution is 5.92. The Hall–Kier alpha value is -3.53. The van der Waals surface area contributed by atoms with Crippen LogP contribution >= 0.6 is 0 Å².